The lowest BCUT2D eigenvalue weighted by Crippen LogP contribution is -1.95. The molecule has 0 heterocycles. The van der Waals surface area contributed by atoms with Crippen LogP contribution in [-0.4, -0.2) is 9.97 Å². The van der Waals surface area contributed by atoms with E-state index >= 15 is 0 Å². The van der Waals surface area contributed by atoms with Crippen molar-refractivity contribution in [3.8, 4) is 0 Å². The molecule has 0 aliphatic carbocycles. The van der Waals surface area contributed by atoms with Crippen LogP contribution in [-0.2, 0) is 0 Å². The van der Waals surface area contributed by atoms with Crippen LogP contribution in [0.25, 0.3) is 0 Å². The summed E-state index contributed by atoms with van der Waals surface area (Å²) >= 11 is 0.853. The van der Waals surface area contributed by atoms with Gasteiger partial charge in [0.05, 0.1) is 9.97 Å². The van der Waals surface area contributed by atoms with E-state index < -0.39 is 4.92 Å². The molecule has 0 fully saturated rings. The average molecular weight is 160 g/mol. The second-order valence-electron chi connectivity index (χ2n) is 1.54. The fourth-order valence-corrected chi connectivity index (χ4v) is 0.865. The molecule has 0 bridgehead atoms. The highest BCUT2D eigenvalue weighted by Gasteiger charge is 2.09. The molecule has 5 heteroatoms. The number of rotatable bonds is 2. The molecule has 0 atom stereocenters. The Balaban J connectivity index is 4.12. The lowest BCUT2D eigenvalue weighted by molar-refractivity contribution is -0.410. The van der Waals surface area contributed by atoms with Crippen molar-refractivity contribution in [2.75, 3.05) is 0 Å². The Hall–Kier alpha value is -0.840. The van der Waals surface area contributed by atoms with E-state index in [1.54, 1.807) is 6.92 Å². The first-order valence-corrected chi connectivity index (χ1v) is 3.43. The highest BCUT2D eigenvalue weighted by molar-refractivity contribution is 8.16. The minimum atomic E-state index is -0.497. The van der Waals surface area contributed by atoms with E-state index in [9.17, 15) is 10.1 Å². The number of nitrogens with zero attached hydrogens (tertiary/aromatic N) is 1. The van der Waals surface area contributed by atoms with Crippen molar-refractivity contribution in [1.29, 1.82) is 5.41 Å². The SMILES string of the molecule is C/C=C(\SC(C)=N)[N+](=O)[O-]. The van der Waals surface area contributed by atoms with E-state index in [0.29, 0.717) is 0 Å². The van der Waals surface area contributed by atoms with Gasteiger partial charge in [-0.3, -0.25) is 15.5 Å². The van der Waals surface area contributed by atoms with Gasteiger partial charge in [-0.15, -0.1) is 0 Å². The molecule has 0 amide bonds. The predicted octanol–water partition coefficient (Wildman–Crippen LogP) is 1.85. The Morgan fingerprint density at radius 3 is 2.40 bits per heavy atom. The largest absolute Gasteiger partial charge is 0.304 e. The van der Waals surface area contributed by atoms with Gasteiger partial charge >= 0.3 is 5.03 Å². The number of nitrogens with one attached hydrogen (secondary N) is 1. The van der Waals surface area contributed by atoms with Gasteiger partial charge in [-0.2, -0.15) is 0 Å². The van der Waals surface area contributed by atoms with Crippen LogP contribution >= 0.6 is 11.8 Å². The average Bonchev–Trinajstić information content (AvgIpc) is 1.81. The number of hydrogen-bond donors (Lipinski definition) is 1. The molecule has 1 N–H and O–H groups in total. The van der Waals surface area contributed by atoms with Crippen molar-refractivity contribution in [3.05, 3.63) is 21.2 Å². The number of thioether (sulfide) groups is 1. The lowest BCUT2D eigenvalue weighted by atomic mass is 10.7. The van der Waals surface area contributed by atoms with E-state index in [0.717, 1.165) is 11.8 Å². The minimum absolute atomic E-state index is 0.00694. The first kappa shape index (κ1) is 9.16. The molecule has 0 aliphatic rings. The first-order chi connectivity index (χ1) is 4.57. The summed E-state index contributed by atoms with van der Waals surface area (Å²) in [6.07, 6.45) is 1.38. The van der Waals surface area contributed by atoms with E-state index in [1.807, 2.05) is 0 Å². The lowest BCUT2D eigenvalue weighted by Gasteiger charge is -1.92. The van der Waals surface area contributed by atoms with Gasteiger partial charge in [0.2, 0.25) is 0 Å². The predicted molar refractivity (Wildman–Crippen MR) is 41.7 cm³/mol. The van der Waals surface area contributed by atoms with Gasteiger partial charge in [-0.05, 0) is 31.7 Å². The topological polar surface area (TPSA) is 67.0 Å². The summed E-state index contributed by atoms with van der Waals surface area (Å²) in [5, 5.41) is 17.3. The van der Waals surface area contributed by atoms with E-state index in [2.05, 4.69) is 0 Å². The maximum atomic E-state index is 10.1. The van der Waals surface area contributed by atoms with Crippen LogP contribution in [0, 0.1) is 15.5 Å². The van der Waals surface area contributed by atoms with Crippen LogP contribution in [0.3, 0.4) is 0 Å². The molecule has 0 aliphatic heterocycles. The smallest absolute Gasteiger partial charge is 0.298 e. The highest BCUT2D eigenvalue weighted by atomic mass is 32.2. The molecule has 0 spiro atoms. The zero-order valence-corrected chi connectivity index (χ0v) is 6.57. The Labute approximate surface area is 63.0 Å². The Kier molecular flexibility index (Phi) is 3.71. The highest BCUT2D eigenvalue weighted by Crippen LogP contribution is 2.15. The summed E-state index contributed by atoms with van der Waals surface area (Å²) in [6.45, 7) is 3.09. The molecule has 0 aromatic heterocycles. The van der Waals surface area contributed by atoms with E-state index in [4.69, 9.17) is 5.41 Å². The summed E-state index contributed by atoms with van der Waals surface area (Å²) in [6, 6.07) is 0. The molecule has 56 valence electrons. The zero-order chi connectivity index (χ0) is 8.15. The minimum Gasteiger partial charge on any atom is -0.298 e. The molecular weight excluding hydrogens is 152 g/mol. The van der Waals surface area contributed by atoms with Crippen LogP contribution in [0.1, 0.15) is 13.8 Å². The van der Waals surface area contributed by atoms with Crippen molar-refractivity contribution in [1.82, 2.24) is 0 Å². The number of nitro groups is 1. The summed E-state index contributed by atoms with van der Waals surface area (Å²) < 4.78 is 0. The van der Waals surface area contributed by atoms with Crippen LogP contribution in [0.2, 0.25) is 0 Å². The van der Waals surface area contributed by atoms with Crippen LogP contribution in [0.4, 0.5) is 0 Å². The van der Waals surface area contributed by atoms with Gasteiger partial charge in [0.1, 0.15) is 0 Å². The third kappa shape index (κ3) is 3.24. The second-order valence-corrected chi connectivity index (χ2v) is 2.78. The molecular formula is C5H8N2O2S. The number of allylic oxidation sites excluding steroid dienone is 1. The van der Waals surface area contributed by atoms with Crippen LogP contribution < -0.4 is 0 Å². The molecule has 0 rings (SSSR count). The molecule has 0 aromatic rings. The number of hydrogen-bond acceptors (Lipinski definition) is 4. The normalized spacial score (nSPS) is 11.2. The monoisotopic (exact) mass is 160 g/mol. The molecule has 0 saturated carbocycles. The summed E-state index contributed by atoms with van der Waals surface area (Å²) in [5.74, 6) is 0. The summed E-state index contributed by atoms with van der Waals surface area (Å²) in [5.41, 5.74) is 0. The van der Waals surface area contributed by atoms with E-state index in [-0.39, 0.29) is 10.1 Å². The van der Waals surface area contributed by atoms with Crippen molar-refractivity contribution < 1.29 is 4.92 Å². The summed E-state index contributed by atoms with van der Waals surface area (Å²) in [4.78, 5) is 9.59. The quantitative estimate of drug-likeness (QED) is 0.290. The fourth-order valence-electron chi connectivity index (χ4n) is 0.358. The van der Waals surface area contributed by atoms with Crippen molar-refractivity contribution >= 4 is 16.8 Å². The third-order valence-corrected chi connectivity index (χ3v) is 1.58. The molecule has 0 saturated heterocycles. The molecule has 10 heavy (non-hydrogen) atoms. The Bertz CT molecular complexity index is 188. The second kappa shape index (κ2) is 4.05. The van der Waals surface area contributed by atoms with Gasteiger partial charge in [-0.1, -0.05) is 0 Å². The van der Waals surface area contributed by atoms with Crippen LogP contribution in [0.15, 0.2) is 11.1 Å². The maximum Gasteiger partial charge on any atom is 0.304 e. The molecule has 4 nitrogen and oxygen atoms in total. The molecule has 0 aromatic carbocycles. The first-order valence-electron chi connectivity index (χ1n) is 2.61. The maximum absolute atomic E-state index is 10.1. The van der Waals surface area contributed by atoms with E-state index in [1.165, 1.54) is 13.0 Å². The van der Waals surface area contributed by atoms with Gasteiger partial charge < -0.3 is 0 Å². The van der Waals surface area contributed by atoms with Crippen molar-refractivity contribution in [2.45, 2.75) is 13.8 Å². The molecule has 0 radical (unpaired) electrons. The summed E-state index contributed by atoms with van der Waals surface area (Å²) in [7, 11) is 0. The Morgan fingerprint density at radius 2 is 2.30 bits per heavy atom. The standard InChI is InChI=1S/C5H8N2O2S/c1-3-5(7(8)9)10-4(2)6/h3,6H,1-2H3/b5-3-,6-4?. The third-order valence-electron chi connectivity index (χ3n) is 0.685. The van der Waals surface area contributed by atoms with Gasteiger partial charge in [0, 0.05) is 0 Å². The van der Waals surface area contributed by atoms with Crippen molar-refractivity contribution in [3.63, 3.8) is 0 Å². The Morgan fingerprint density at radius 1 is 1.80 bits per heavy atom. The zero-order valence-electron chi connectivity index (χ0n) is 5.75. The van der Waals surface area contributed by atoms with Crippen molar-refractivity contribution in [2.24, 2.45) is 0 Å². The van der Waals surface area contributed by atoms with Gasteiger partial charge in [0.25, 0.3) is 0 Å². The van der Waals surface area contributed by atoms with Gasteiger partial charge in [0.15, 0.2) is 0 Å². The molecule has 0 unspecified atom stereocenters. The fraction of sp³-hybridized carbons (Fsp3) is 0.400. The van der Waals surface area contributed by atoms with Crippen LogP contribution in [0.5, 0.6) is 0 Å². The van der Waals surface area contributed by atoms with Gasteiger partial charge in [-0.25, -0.2) is 0 Å².